The minimum atomic E-state index is -0.847. The maximum absolute atomic E-state index is 12.0. The third kappa shape index (κ3) is 2.14. The fraction of sp³-hybridized carbons (Fsp3) is 0.786. The Bertz CT molecular complexity index is 373. The first-order chi connectivity index (χ1) is 8.63. The molecule has 1 saturated carbocycles. The van der Waals surface area contributed by atoms with Crippen molar-refractivity contribution in [3.8, 4) is 6.07 Å². The summed E-state index contributed by atoms with van der Waals surface area (Å²) in [7, 11) is 0. The summed E-state index contributed by atoms with van der Waals surface area (Å²) in [6, 6.07) is 2.28. The van der Waals surface area contributed by atoms with Crippen molar-refractivity contribution < 1.29 is 9.59 Å². The number of nitriles is 1. The number of rotatable bonds is 2. The van der Waals surface area contributed by atoms with Crippen molar-refractivity contribution in [2.24, 2.45) is 5.92 Å². The van der Waals surface area contributed by atoms with Gasteiger partial charge in [-0.3, -0.25) is 14.5 Å². The van der Waals surface area contributed by atoms with Gasteiger partial charge in [-0.25, -0.2) is 0 Å². The number of hydrogen-bond donors (Lipinski definition) is 0. The van der Waals surface area contributed by atoms with Gasteiger partial charge in [0.05, 0.1) is 6.07 Å². The molecule has 4 heteroatoms. The highest BCUT2D eigenvalue weighted by atomic mass is 16.2. The normalized spacial score (nSPS) is 33.3. The van der Waals surface area contributed by atoms with E-state index in [0.717, 1.165) is 19.3 Å². The second kappa shape index (κ2) is 5.09. The van der Waals surface area contributed by atoms with Gasteiger partial charge in [0, 0.05) is 12.8 Å². The van der Waals surface area contributed by atoms with E-state index in [0.29, 0.717) is 38.0 Å². The maximum atomic E-state index is 12.0. The predicted octanol–water partition coefficient (Wildman–Crippen LogP) is 2.39. The molecule has 0 aromatic heterocycles. The average Bonchev–Trinajstić information content (AvgIpc) is 2.39. The Morgan fingerprint density at radius 3 is 2.28 bits per heavy atom. The van der Waals surface area contributed by atoms with Crippen LogP contribution in [0, 0.1) is 17.2 Å². The number of likely N-dealkylation sites (tertiary alicyclic amines) is 1. The second-order valence-electron chi connectivity index (χ2n) is 5.47. The van der Waals surface area contributed by atoms with E-state index in [-0.39, 0.29) is 11.8 Å². The van der Waals surface area contributed by atoms with Crippen molar-refractivity contribution in [2.45, 2.75) is 63.8 Å². The lowest BCUT2D eigenvalue weighted by Gasteiger charge is -2.43. The minimum Gasteiger partial charge on any atom is -0.274 e. The second-order valence-corrected chi connectivity index (χ2v) is 5.47. The monoisotopic (exact) mass is 248 g/mol. The minimum absolute atomic E-state index is 0.150. The largest absolute Gasteiger partial charge is 0.274 e. The molecule has 0 spiro atoms. The number of piperidine rings is 1. The number of nitrogens with zero attached hydrogens (tertiary/aromatic N) is 2. The molecule has 2 fully saturated rings. The first kappa shape index (κ1) is 13.1. The molecule has 0 aromatic carbocycles. The Hall–Kier alpha value is -1.37. The molecule has 2 amide bonds. The van der Waals surface area contributed by atoms with Gasteiger partial charge in [-0.2, -0.15) is 5.26 Å². The molecule has 0 unspecified atom stereocenters. The lowest BCUT2D eigenvalue weighted by Crippen LogP contribution is -2.57. The molecule has 0 N–H and O–H groups in total. The van der Waals surface area contributed by atoms with Gasteiger partial charge in [-0.05, 0) is 38.0 Å². The highest BCUT2D eigenvalue weighted by molar-refractivity contribution is 5.98. The van der Waals surface area contributed by atoms with E-state index in [1.54, 1.807) is 0 Å². The molecule has 98 valence electrons. The summed E-state index contributed by atoms with van der Waals surface area (Å²) in [6.45, 7) is 2.15. The molecule has 0 atom stereocenters. The molecule has 1 aliphatic heterocycles. The van der Waals surface area contributed by atoms with Crippen LogP contribution in [0.5, 0.6) is 0 Å². The van der Waals surface area contributed by atoms with E-state index in [9.17, 15) is 14.9 Å². The van der Waals surface area contributed by atoms with Gasteiger partial charge in [0.25, 0.3) is 0 Å². The number of hydrogen-bond acceptors (Lipinski definition) is 3. The number of carbonyl (C=O) groups excluding carboxylic acids is 2. The number of amides is 2. The van der Waals surface area contributed by atoms with Crippen molar-refractivity contribution in [2.75, 3.05) is 0 Å². The van der Waals surface area contributed by atoms with Crippen molar-refractivity contribution in [3.05, 3.63) is 0 Å². The van der Waals surface area contributed by atoms with Gasteiger partial charge in [-0.1, -0.05) is 13.3 Å². The van der Waals surface area contributed by atoms with Crippen LogP contribution in [0.2, 0.25) is 0 Å². The zero-order valence-corrected chi connectivity index (χ0v) is 10.9. The zero-order valence-electron chi connectivity index (χ0n) is 10.9. The number of carbonyl (C=O) groups is 2. The fourth-order valence-corrected chi connectivity index (χ4v) is 3.18. The summed E-state index contributed by atoms with van der Waals surface area (Å²) in [6.07, 6.45) is 5.76. The van der Waals surface area contributed by atoms with Crippen LogP contribution in [-0.4, -0.2) is 22.3 Å². The third-order valence-corrected chi connectivity index (χ3v) is 4.43. The van der Waals surface area contributed by atoms with Crippen LogP contribution in [-0.2, 0) is 9.59 Å². The van der Waals surface area contributed by atoms with Crippen LogP contribution in [0.4, 0.5) is 0 Å². The molecule has 1 aliphatic carbocycles. The van der Waals surface area contributed by atoms with Gasteiger partial charge in [0.2, 0.25) is 11.8 Å². The molecule has 1 saturated heterocycles. The van der Waals surface area contributed by atoms with Crippen molar-refractivity contribution in [3.63, 3.8) is 0 Å². The van der Waals surface area contributed by atoms with Crippen molar-refractivity contribution >= 4 is 11.8 Å². The summed E-state index contributed by atoms with van der Waals surface area (Å²) in [5.74, 6) is 0.340. The van der Waals surface area contributed by atoms with Crippen LogP contribution in [0.25, 0.3) is 0 Å². The Morgan fingerprint density at radius 2 is 1.83 bits per heavy atom. The van der Waals surface area contributed by atoms with E-state index in [2.05, 4.69) is 13.0 Å². The summed E-state index contributed by atoms with van der Waals surface area (Å²) in [5.41, 5.74) is -0.847. The highest BCUT2D eigenvalue weighted by Gasteiger charge is 2.46. The molecule has 2 aliphatic rings. The number of imide groups is 1. The first-order valence-electron chi connectivity index (χ1n) is 6.90. The molecular weight excluding hydrogens is 228 g/mol. The Balaban J connectivity index is 2.20. The lowest BCUT2D eigenvalue weighted by atomic mass is 9.74. The summed E-state index contributed by atoms with van der Waals surface area (Å²) in [4.78, 5) is 25.2. The van der Waals surface area contributed by atoms with Gasteiger partial charge < -0.3 is 0 Å². The van der Waals surface area contributed by atoms with Crippen LogP contribution in [0.15, 0.2) is 0 Å². The Kier molecular flexibility index (Phi) is 3.70. The van der Waals surface area contributed by atoms with Gasteiger partial charge in [0.15, 0.2) is 0 Å². The van der Waals surface area contributed by atoms with Crippen LogP contribution >= 0.6 is 0 Å². The average molecular weight is 248 g/mol. The SMILES string of the molecule is CCC1CCC(C#N)(N2C(=O)CCCC2=O)CC1. The molecular formula is C14H20N2O2. The van der Waals surface area contributed by atoms with Crippen LogP contribution in [0.3, 0.4) is 0 Å². The van der Waals surface area contributed by atoms with E-state index in [4.69, 9.17) is 0 Å². The van der Waals surface area contributed by atoms with E-state index in [1.165, 1.54) is 4.90 Å². The third-order valence-electron chi connectivity index (χ3n) is 4.43. The van der Waals surface area contributed by atoms with E-state index in [1.807, 2.05) is 0 Å². The highest BCUT2D eigenvalue weighted by Crippen LogP contribution is 2.39. The van der Waals surface area contributed by atoms with E-state index >= 15 is 0 Å². The van der Waals surface area contributed by atoms with Crippen LogP contribution < -0.4 is 0 Å². The standard InChI is InChI=1S/C14H20N2O2/c1-2-11-6-8-14(10-15,9-7-11)16-12(17)4-3-5-13(16)18/h11H,2-9H2,1H3. The Labute approximate surface area is 108 Å². The van der Waals surface area contributed by atoms with Crippen molar-refractivity contribution in [1.29, 1.82) is 5.26 Å². The molecule has 2 rings (SSSR count). The van der Waals surface area contributed by atoms with Gasteiger partial charge >= 0.3 is 0 Å². The first-order valence-corrected chi connectivity index (χ1v) is 6.90. The fourth-order valence-electron chi connectivity index (χ4n) is 3.18. The molecule has 0 radical (unpaired) electrons. The quantitative estimate of drug-likeness (QED) is 0.705. The molecule has 1 heterocycles. The summed E-state index contributed by atoms with van der Waals surface area (Å²) >= 11 is 0. The smallest absolute Gasteiger partial charge is 0.230 e. The maximum Gasteiger partial charge on any atom is 0.230 e. The summed E-state index contributed by atoms with van der Waals surface area (Å²) < 4.78 is 0. The molecule has 0 bridgehead atoms. The summed E-state index contributed by atoms with van der Waals surface area (Å²) in [5, 5.41) is 9.49. The van der Waals surface area contributed by atoms with E-state index < -0.39 is 5.54 Å². The molecule has 4 nitrogen and oxygen atoms in total. The predicted molar refractivity (Wildman–Crippen MR) is 66.3 cm³/mol. The zero-order chi connectivity index (χ0) is 13.2. The molecule has 18 heavy (non-hydrogen) atoms. The van der Waals surface area contributed by atoms with Gasteiger partial charge in [-0.15, -0.1) is 0 Å². The van der Waals surface area contributed by atoms with Gasteiger partial charge in [0.1, 0.15) is 5.54 Å². The Morgan fingerprint density at radius 1 is 1.28 bits per heavy atom. The topological polar surface area (TPSA) is 61.2 Å². The lowest BCUT2D eigenvalue weighted by molar-refractivity contribution is -0.155. The van der Waals surface area contributed by atoms with Crippen LogP contribution in [0.1, 0.15) is 58.3 Å². The molecule has 0 aromatic rings. The van der Waals surface area contributed by atoms with Crippen molar-refractivity contribution in [1.82, 2.24) is 4.90 Å².